The summed E-state index contributed by atoms with van der Waals surface area (Å²) in [6, 6.07) is 5.15. The van der Waals surface area contributed by atoms with E-state index in [1.54, 1.807) is 0 Å². The minimum Gasteiger partial charge on any atom is -0.481 e. The lowest BCUT2D eigenvalue weighted by atomic mass is 10.1. The van der Waals surface area contributed by atoms with Gasteiger partial charge in [0.05, 0.1) is 0 Å². The highest BCUT2D eigenvalue weighted by atomic mass is 19.1. The molecular weight excluding hydrogens is 239 g/mol. The summed E-state index contributed by atoms with van der Waals surface area (Å²) in [5, 5.41) is 11.3. The number of nitrogens with zero attached hydrogens (tertiary/aromatic N) is 1. The predicted octanol–water partition coefficient (Wildman–Crippen LogP) is 1.59. The van der Waals surface area contributed by atoms with Crippen LogP contribution in [0.5, 0.6) is 0 Å². The lowest BCUT2D eigenvalue weighted by molar-refractivity contribution is -0.137. The molecule has 18 heavy (non-hydrogen) atoms. The molecule has 1 fully saturated rings. The molecule has 1 aliphatic heterocycles. The maximum Gasteiger partial charge on any atom is 0.322 e. The van der Waals surface area contributed by atoms with Gasteiger partial charge in [-0.05, 0) is 30.7 Å². The van der Waals surface area contributed by atoms with E-state index >= 15 is 0 Å². The molecule has 0 bridgehead atoms. The van der Waals surface area contributed by atoms with Crippen molar-refractivity contribution in [1.82, 2.24) is 5.32 Å². The maximum absolute atomic E-state index is 12.8. The van der Waals surface area contributed by atoms with Gasteiger partial charge in [-0.2, -0.15) is 0 Å². The summed E-state index contributed by atoms with van der Waals surface area (Å²) in [7, 11) is 0. The number of carbonyl (C=O) groups is 2. The second-order valence-corrected chi connectivity index (χ2v) is 4.17. The molecule has 1 aromatic rings. The summed E-state index contributed by atoms with van der Waals surface area (Å²) >= 11 is 0. The topological polar surface area (TPSA) is 69.6 Å². The van der Waals surface area contributed by atoms with E-state index in [9.17, 15) is 14.0 Å². The van der Waals surface area contributed by atoms with Crippen LogP contribution in [0.15, 0.2) is 24.3 Å². The van der Waals surface area contributed by atoms with Gasteiger partial charge in [-0.1, -0.05) is 0 Å². The number of halogens is 1. The molecule has 6 heteroatoms. The summed E-state index contributed by atoms with van der Waals surface area (Å²) in [6.07, 6.45) is 0.404. The summed E-state index contributed by atoms with van der Waals surface area (Å²) < 4.78 is 12.8. The Morgan fingerprint density at radius 3 is 2.72 bits per heavy atom. The Balaban J connectivity index is 2.00. The van der Waals surface area contributed by atoms with Crippen molar-refractivity contribution < 1.29 is 19.1 Å². The molecule has 1 unspecified atom stereocenters. The highest BCUT2D eigenvalue weighted by Crippen LogP contribution is 2.20. The zero-order chi connectivity index (χ0) is 13.1. The van der Waals surface area contributed by atoms with Crippen molar-refractivity contribution >= 4 is 17.7 Å². The third-order valence-corrected chi connectivity index (χ3v) is 2.82. The average Bonchev–Trinajstić information content (AvgIpc) is 2.69. The molecule has 2 N–H and O–H groups in total. The average molecular weight is 252 g/mol. The van der Waals surface area contributed by atoms with Crippen molar-refractivity contribution in [2.45, 2.75) is 18.9 Å². The number of amides is 2. The van der Waals surface area contributed by atoms with E-state index in [0.29, 0.717) is 18.7 Å². The Bertz CT molecular complexity index is 461. The first-order chi connectivity index (χ1) is 8.56. The predicted molar refractivity (Wildman–Crippen MR) is 62.9 cm³/mol. The number of hydrogen-bond donors (Lipinski definition) is 2. The number of aliphatic carboxylic acids is 1. The van der Waals surface area contributed by atoms with Crippen LogP contribution < -0.4 is 10.2 Å². The van der Waals surface area contributed by atoms with Gasteiger partial charge in [0.1, 0.15) is 5.82 Å². The highest BCUT2D eigenvalue weighted by molar-refractivity contribution is 5.94. The van der Waals surface area contributed by atoms with E-state index in [1.807, 2.05) is 0 Å². The Morgan fingerprint density at radius 1 is 1.44 bits per heavy atom. The molecule has 0 saturated carbocycles. The largest absolute Gasteiger partial charge is 0.481 e. The van der Waals surface area contributed by atoms with Crippen molar-refractivity contribution in [3.63, 3.8) is 0 Å². The summed E-state index contributed by atoms with van der Waals surface area (Å²) in [5.41, 5.74) is 0.603. The minimum atomic E-state index is -0.885. The zero-order valence-corrected chi connectivity index (χ0v) is 9.60. The van der Waals surface area contributed by atoms with Crippen molar-refractivity contribution in [1.29, 1.82) is 0 Å². The molecule has 2 amide bonds. The van der Waals surface area contributed by atoms with Crippen LogP contribution in [0.3, 0.4) is 0 Å². The lowest BCUT2D eigenvalue weighted by Crippen LogP contribution is -2.28. The Morgan fingerprint density at radius 2 is 2.11 bits per heavy atom. The molecule has 0 aliphatic carbocycles. The van der Waals surface area contributed by atoms with E-state index in [4.69, 9.17) is 5.11 Å². The number of carbonyl (C=O) groups excluding carboxylic acids is 1. The highest BCUT2D eigenvalue weighted by Gasteiger charge is 2.29. The summed E-state index contributed by atoms with van der Waals surface area (Å²) in [4.78, 5) is 23.6. The molecule has 5 nitrogen and oxygen atoms in total. The summed E-state index contributed by atoms with van der Waals surface area (Å²) in [6.45, 7) is 0.401. The van der Waals surface area contributed by atoms with Gasteiger partial charge in [-0.25, -0.2) is 9.18 Å². The number of nitrogens with one attached hydrogen (secondary N) is 1. The molecule has 0 radical (unpaired) electrons. The Hall–Kier alpha value is -2.11. The smallest absolute Gasteiger partial charge is 0.322 e. The first kappa shape index (κ1) is 12.3. The molecule has 0 spiro atoms. The SMILES string of the molecule is O=C(O)CCC1CN(c2ccc(F)cc2)C(=O)N1. The number of urea groups is 1. The normalized spacial score (nSPS) is 18.8. The van der Waals surface area contributed by atoms with Gasteiger partial charge in [0.15, 0.2) is 0 Å². The van der Waals surface area contributed by atoms with Crippen molar-refractivity contribution in [3.8, 4) is 0 Å². The molecule has 1 aliphatic rings. The standard InChI is InChI=1S/C12H13FN2O3/c13-8-1-4-10(5-2-8)15-7-9(14-12(15)18)3-6-11(16)17/h1-2,4-5,9H,3,6-7H2,(H,14,18)(H,16,17). The lowest BCUT2D eigenvalue weighted by Gasteiger charge is -2.14. The van der Waals surface area contributed by atoms with Crippen LogP contribution in [0.25, 0.3) is 0 Å². The fraction of sp³-hybridized carbons (Fsp3) is 0.333. The monoisotopic (exact) mass is 252 g/mol. The second kappa shape index (κ2) is 5.03. The Labute approximate surface area is 103 Å². The number of benzene rings is 1. The van der Waals surface area contributed by atoms with Gasteiger partial charge in [-0.15, -0.1) is 0 Å². The first-order valence-corrected chi connectivity index (χ1v) is 5.61. The fourth-order valence-corrected chi connectivity index (χ4v) is 1.91. The molecule has 0 aromatic heterocycles. The summed E-state index contributed by atoms with van der Waals surface area (Å²) in [5.74, 6) is -1.25. The van der Waals surface area contributed by atoms with Crippen molar-refractivity contribution in [3.05, 3.63) is 30.1 Å². The van der Waals surface area contributed by atoms with Gasteiger partial charge < -0.3 is 10.4 Å². The maximum atomic E-state index is 12.8. The van der Waals surface area contributed by atoms with Gasteiger partial charge >= 0.3 is 12.0 Å². The van der Waals surface area contributed by atoms with E-state index in [2.05, 4.69) is 5.32 Å². The molecule has 1 atom stereocenters. The third kappa shape index (κ3) is 2.77. The van der Waals surface area contributed by atoms with Gasteiger partial charge in [-0.3, -0.25) is 9.69 Å². The van der Waals surface area contributed by atoms with Crippen LogP contribution in [-0.4, -0.2) is 29.7 Å². The number of carboxylic acid groups (broad SMARTS) is 1. The number of anilines is 1. The van der Waals surface area contributed by atoms with Crippen LogP contribution in [0.4, 0.5) is 14.9 Å². The number of rotatable bonds is 4. The van der Waals surface area contributed by atoms with Crippen LogP contribution >= 0.6 is 0 Å². The van der Waals surface area contributed by atoms with Gasteiger partial charge in [0.2, 0.25) is 0 Å². The quantitative estimate of drug-likeness (QED) is 0.854. The van der Waals surface area contributed by atoms with E-state index in [-0.39, 0.29) is 24.3 Å². The zero-order valence-electron chi connectivity index (χ0n) is 9.60. The van der Waals surface area contributed by atoms with Crippen LogP contribution in [0.2, 0.25) is 0 Å². The molecule has 2 rings (SSSR count). The van der Waals surface area contributed by atoms with Gasteiger partial charge in [0, 0.05) is 24.7 Å². The third-order valence-electron chi connectivity index (χ3n) is 2.82. The molecule has 1 aromatic carbocycles. The van der Waals surface area contributed by atoms with E-state index < -0.39 is 5.97 Å². The van der Waals surface area contributed by atoms with Crippen LogP contribution in [-0.2, 0) is 4.79 Å². The van der Waals surface area contributed by atoms with E-state index in [0.717, 1.165) is 0 Å². The first-order valence-electron chi connectivity index (χ1n) is 5.61. The van der Waals surface area contributed by atoms with Crippen molar-refractivity contribution in [2.24, 2.45) is 0 Å². The molecule has 1 heterocycles. The number of hydrogen-bond acceptors (Lipinski definition) is 2. The Kier molecular flexibility index (Phi) is 3.45. The minimum absolute atomic E-state index is 0.0161. The van der Waals surface area contributed by atoms with E-state index in [1.165, 1.54) is 29.2 Å². The molecule has 1 saturated heterocycles. The van der Waals surface area contributed by atoms with Crippen LogP contribution in [0, 0.1) is 5.82 Å². The number of carboxylic acids is 1. The molecule has 96 valence electrons. The van der Waals surface area contributed by atoms with Crippen LogP contribution in [0.1, 0.15) is 12.8 Å². The van der Waals surface area contributed by atoms with Gasteiger partial charge in [0.25, 0.3) is 0 Å². The van der Waals surface area contributed by atoms with Crippen molar-refractivity contribution in [2.75, 3.05) is 11.4 Å². The fourth-order valence-electron chi connectivity index (χ4n) is 1.91. The second-order valence-electron chi connectivity index (χ2n) is 4.17. The molecular formula is C12H13FN2O3.